The van der Waals surface area contributed by atoms with Gasteiger partial charge in [-0.1, -0.05) is 12.1 Å². The molecular weight excluding hydrogens is 241 g/mol. The lowest BCUT2D eigenvalue weighted by Gasteiger charge is -2.18. The molecule has 0 saturated carbocycles. The average molecular weight is 255 g/mol. The highest BCUT2D eigenvalue weighted by atomic mass is 35.5. The molecule has 0 fully saturated rings. The van der Waals surface area contributed by atoms with Crippen molar-refractivity contribution in [2.75, 3.05) is 19.0 Å². The topological polar surface area (TPSA) is 29.3 Å². The van der Waals surface area contributed by atoms with E-state index < -0.39 is 12.2 Å². The molecule has 2 nitrogen and oxygen atoms in total. The Labute approximate surface area is 98.6 Å². The zero-order valence-corrected chi connectivity index (χ0v) is 9.77. The quantitative estimate of drug-likeness (QED) is 0.879. The summed E-state index contributed by atoms with van der Waals surface area (Å²) in [6, 6.07) is 4.20. The Morgan fingerprint density at radius 1 is 1.25 bits per heavy atom. The highest BCUT2D eigenvalue weighted by Crippen LogP contribution is 2.31. The van der Waals surface area contributed by atoms with E-state index in [2.05, 4.69) is 0 Å². The lowest BCUT2D eigenvalue weighted by Crippen LogP contribution is -2.28. The molecule has 0 aliphatic rings. The number of benzene rings is 1. The number of halogens is 4. The Morgan fingerprint density at radius 2 is 1.81 bits per heavy atom. The van der Waals surface area contributed by atoms with Crippen molar-refractivity contribution < 1.29 is 13.2 Å². The van der Waals surface area contributed by atoms with E-state index in [0.29, 0.717) is 5.69 Å². The van der Waals surface area contributed by atoms with Crippen LogP contribution < -0.4 is 10.6 Å². The summed E-state index contributed by atoms with van der Waals surface area (Å²) in [5.41, 5.74) is 5.88. The molecule has 0 radical (unpaired) electrons. The fourth-order valence-corrected chi connectivity index (χ4v) is 1.19. The number of hydrogen-bond acceptors (Lipinski definition) is 2. The molecular formula is C10H14ClF3N2. The normalized spacial score (nSPS) is 12.9. The van der Waals surface area contributed by atoms with Gasteiger partial charge in [-0.15, -0.1) is 12.4 Å². The van der Waals surface area contributed by atoms with Gasteiger partial charge >= 0.3 is 6.18 Å². The smallest absolute Gasteiger partial charge is 0.378 e. The van der Waals surface area contributed by atoms with Gasteiger partial charge in [0.1, 0.15) is 6.04 Å². The summed E-state index contributed by atoms with van der Waals surface area (Å²) in [6.07, 6.45) is -4.40. The van der Waals surface area contributed by atoms with Crippen LogP contribution in [0.25, 0.3) is 0 Å². The van der Waals surface area contributed by atoms with Gasteiger partial charge in [-0.25, -0.2) is 0 Å². The minimum absolute atomic E-state index is 0. The van der Waals surface area contributed by atoms with Crippen LogP contribution in [0.5, 0.6) is 0 Å². The van der Waals surface area contributed by atoms with Crippen LogP contribution in [0.2, 0.25) is 0 Å². The third-order valence-corrected chi connectivity index (χ3v) is 2.10. The van der Waals surface area contributed by atoms with E-state index >= 15 is 0 Å². The molecule has 1 rings (SSSR count). The van der Waals surface area contributed by atoms with E-state index in [9.17, 15) is 13.2 Å². The minimum atomic E-state index is -4.40. The molecule has 16 heavy (non-hydrogen) atoms. The summed E-state index contributed by atoms with van der Waals surface area (Å²) >= 11 is 0. The summed E-state index contributed by atoms with van der Waals surface area (Å²) in [6.45, 7) is 0. The average Bonchev–Trinajstić information content (AvgIpc) is 2.15. The van der Waals surface area contributed by atoms with Crippen molar-refractivity contribution in [2.45, 2.75) is 12.2 Å². The van der Waals surface area contributed by atoms with E-state index in [1.807, 2.05) is 0 Å². The molecule has 2 N–H and O–H groups in total. The molecule has 92 valence electrons. The standard InChI is InChI=1S/C10H13F3N2.ClH/c1-15(2)8-5-3-4-7(6-8)9(14)10(11,12)13;/h3-6,9H,14H2,1-2H3;1H/t9-;/m0./s1. The zero-order valence-electron chi connectivity index (χ0n) is 8.95. The fourth-order valence-electron chi connectivity index (χ4n) is 1.19. The Balaban J connectivity index is 0.00000225. The largest absolute Gasteiger partial charge is 0.407 e. The fraction of sp³-hybridized carbons (Fsp3) is 0.400. The highest BCUT2D eigenvalue weighted by Gasteiger charge is 2.37. The predicted molar refractivity (Wildman–Crippen MR) is 61.0 cm³/mol. The van der Waals surface area contributed by atoms with Gasteiger partial charge < -0.3 is 10.6 Å². The molecule has 1 aromatic carbocycles. The van der Waals surface area contributed by atoms with Crippen molar-refractivity contribution in [3.63, 3.8) is 0 Å². The molecule has 0 unspecified atom stereocenters. The van der Waals surface area contributed by atoms with Crippen LogP contribution in [0.1, 0.15) is 11.6 Å². The first kappa shape index (κ1) is 15.1. The number of hydrogen-bond donors (Lipinski definition) is 1. The molecule has 0 spiro atoms. The predicted octanol–water partition coefficient (Wildman–Crippen LogP) is 2.74. The molecule has 0 aromatic heterocycles. The molecule has 1 aromatic rings. The van der Waals surface area contributed by atoms with Gasteiger partial charge in [0.15, 0.2) is 0 Å². The van der Waals surface area contributed by atoms with E-state index in [4.69, 9.17) is 5.73 Å². The van der Waals surface area contributed by atoms with Gasteiger partial charge in [-0.2, -0.15) is 13.2 Å². The van der Waals surface area contributed by atoms with Crippen molar-refractivity contribution in [1.82, 2.24) is 0 Å². The molecule has 0 aliphatic heterocycles. The zero-order chi connectivity index (χ0) is 11.6. The van der Waals surface area contributed by atoms with Crippen LogP contribution in [-0.2, 0) is 0 Å². The van der Waals surface area contributed by atoms with Crippen LogP contribution in [0.3, 0.4) is 0 Å². The van der Waals surface area contributed by atoms with E-state index in [1.165, 1.54) is 12.1 Å². The molecule has 0 saturated heterocycles. The molecule has 0 heterocycles. The maximum atomic E-state index is 12.3. The van der Waals surface area contributed by atoms with Gasteiger partial charge in [-0.3, -0.25) is 0 Å². The van der Waals surface area contributed by atoms with E-state index in [-0.39, 0.29) is 18.0 Å². The molecule has 0 bridgehead atoms. The minimum Gasteiger partial charge on any atom is -0.378 e. The van der Waals surface area contributed by atoms with Crippen molar-refractivity contribution in [3.05, 3.63) is 29.8 Å². The molecule has 0 amide bonds. The van der Waals surface area contributed by atoms with Crippen LogP contribution in [0, 0.1) is 0 Å². The maximum absolute atomic E-state index is 12.3. The molecule has 6 heteroatoms. The summed E-state index contributed by atoms with van der Waals surface area (Å²) in [5.74, 6) is 0. The summed E-state index contributed by atoms with van der Waals surface area (Å²) in [5, 5.41) is 0. The second-order valence-corrected chi connectivity index (χ2v) is 3.51. The van der Waals surface area contributed by atoms with Crippen molar-refractivity contribution >= 4 is 18.1 Å². The van der Waals surface area contributed by atoms with Crippen molar-refractivity contribution in [3.8, 4) is 0 Å². The van der Waals surface area contributed by atoms with Gasteiger partial charge in [-0.05, 0) is 17.7 Å². The lowest BCUT2D eigenvalue weighted by molar-refractivity contribution is -0.149. The maximum Gasteiger partial charge on any atom is 0.407 e. The van der Waals surface area contributed by atoms with Crippen LogP contribution in [0.4, 0.5) is 18.9 Å². The number of anilines is 1. The van der Waals surface area contributed by atoms with Gasteiger partial charge in [0, 0.05) is 19.8 Å². The first-order valence-corrected chi connectivity index (χ1v) is 4.42. The Hall–Kier alpha value is -0.940. The van der Waals surface area contributed by atoms with E-state index in [1.54, 1.807) is 31.1 Å². The van der Waals surface area contributed by atoms with Gasteiger partial charge in [0.2, 0.25) is 0 Å². The lowest BCUT2D eigenvalue weighted by atomic mass is 10.1. The van der Waals surface area contributed by atoms with Crippen molar-refractivity contribution in [1.29, 1.82) is 0 Å². The number of alkyl halides is 3. The summed E-state index contributed by atoms with van der Waals surface area (Å²) in [4.78, 5) is 1.73. The Kier molecular flexibility index (Phi) is 5.09. The second-order valence-electron chi connectivity index (χ2n) is 3.51. The molecule has 0 aliphatic carbocycles. The third-order valence-electron chi connectivity index (χ3n) is 2.10. The monoisotopic (exact) mass is 254 g/mol. The van der Waals surface area contributed by atoms with Crippen LogP contribution in [0.15, 0.2) is 24.3 Å². The van der Waals surface area contributed by atoms with Crippen LogP contribution in [-0.4, -0.2) is 20.3 Å². The van der Waals surface area contributed by atoms with Gasteiger partial charge in [0.05, 0.1) is 0 Å². The number of rotatable bonds is 2. The Morgan fingerprint density at radius 3 is 2.25 bits per heavy atom. The number of nitrogens with zero attached hydrogens (tertiary/aromatic N) is 1. The summed E-state index contributed by atoms with van der Waals surface area (Å²) < 4.78 is 37.0. The highest BCUT2D eigenvalue weighted by molar-refractivity contribution is 5.85. The SMILES string of the molecule is CN(C)c1cccc([C@H](N)C(F)(F)F)c1.Cl. The first-order valence-electron chi connectivity index (χ1n) is 4.42. The van der Waals surface area contributed by atoms with Crippen LogP contribution >= 0.6 is 12.4 Å². The Bertz CT molecular complexity index is 339. The third kappa shape index (κ3) is 3.57. The van der Waals surface area contributed by atoms with Crippen molar-refractivity contribution in [2.24, 2.45) is 5.73 Å². The van der Waals surface area contributed by atoms with E-state index in [0.717, 1.165) is 0 Å². The van der Waals surface area contributed by atoms with Gasteiger partial charge in [0.25, 0.3) is 0 Å². The molecule has 1 atom stereocenters. The second kappa shape index (κ2) is 5.41. The first-order chi connectivity index (χ1) is 6.82. The summed E-state index contributed by atoms with van der Waals surface area (Å²) in [7, 11) is 3.52. The number of nitrogens with two attached hydrogens (primary N) is 1.